The van der Waals surface area contributed by atoms with Crippen LogP contribution < -0.4 is 30.4 Å². The van der Waals surface area contributed by atoms with Gasteiger partial charge in [-0.15, -0.1) is 0 Å². The van der Waals surface area contributed by atoms with Crippen molar-refractivity contribution in [1.29, 1.82) is 0 Å². The highest BCUT2D eigenvalue weighted by atomic mass is 32.1. The Morgan fingerprint density at radius 3 is 2.15 bits per heavy atom. The molecule has 3 N–H and O–H groups in total. The first-order chi connectivity index (χ1) is 16.2. The van der Waals surface area contributed by atoms with E-state index in [1.807, 2.05) is 0 Å². The number of alkyl halides is 3. The number of thiocarbonyl (C=S) groups is 1. The second-order valence-electron chi connectivity index (χ2n) is 6.60. The molecule has 0 unspecified atom stereocenters. The summed E-state index contributed by atoms with van der Waals surface area (Å²) in [5.41, 5.74) is 3.17. The maximum Gasteiger partial charge on any atom is 0.434 e. The highest BCUT2D eigenvalue weighted by Gasteiger charge is 2.40. The quantitative estimate of drug-likeness (QED) is 0.353. The van der Waals surface area contributed by atoms with Crippen LogP contribution in [0.3, 0.4) is 0 Å². The zero-order valence-electron chi connectivity index (χ0n) is 18.2. The number of ether oxygens (including phenoxy) is 3. The monoisotopic (exact) mass is 495 g/mol. The van der Waals surface area contributed by atoms with Gasteiger partial charge in [-0.3, -0.25) is 15.6 Å². The molecule has 0 fully saturated rings. The third-order valence-electron chi connectivity index (χ3n) is 4.50. The minimum atomic E-state index is -4.84. The largest absolute Gasteiger partial charge is 0.493 e. The fourth-order valence-electron chi connectivity index (χ4n) is 3.05. The maximum atomic E-state index is 13.7. The fraction of sp³-hybridized carbons (Fsp3) is 0.190. The van der Waals surface area contributed by atoms with E-state index in [0.717, 1.165) is 6.20 Å². The van der Waals surface area contributed by atoms with Crippen LogP contribution in [-0.2, 0) is 6.18 Å². The van der Waals surface area contributed by atoms with Gasteiger partial charge in [-0.2, -0.15) is 18.3 Å². The van der Waals surface area contributed by atoms with Crippen LogP contribution in [0.5, 0.6) is 17.2 Å². The van der Waals surface area contributed by atoms with Crippen molar-refractivity contribution in [1.82, 2.24) is 20.6 Å². The number of carbonyl (C=O) groups excluding carboxylic acids is 1. The number of anilines is 1. The number of rotatable bonds is 6. The number of halogens is 3. The molecule has 13 heteroatoms. The molecular weight excluding hydrogens is 475 g/mol. The molecule has 0 saturated heterocycles. The van der Waals surface area contributed by atoms with Gasteiger partial charge in [0.25, 0.3) is 5.91 Å². The number of hydrazine groups is 1. The highest BCUT2D eigenvalue weighted by Crippen LogP contribution is 2.40. The normalized spacial score (nSPS) is 10.9. The van der Waals surface area contributed by atoms with Crippen LogP contribution in [0.2, 0.25) is 0 Å². The van der Waals surface area contributed by atoms with Crippen LogP contribution in [0, 0.1) is 0 Å². The van der Waals surface area contributed by atoms with Crippen LogP contribution in [0.15, 0.2) is 48.7 Å². The fourth-order valence-corrected chi connectivity index (χ4v) is 3.22. The molecule has 0 aliphatic carbocycles. The first kappa shape index (κ1) is 24.6. The number of methoxy groups -OCH3 is 3. The van der Waals surface area contributed by atoms with E-state index in [0.29, 0.717) is 27.6 Å². The van der Waals surface area contributed by atoms with E-state index in [4.69, 9.17) is 26.4 Å². The molecule has 0 bridgehead atoms. The highest BCUT2D eigenvalue weighted by molar-refractivity contribution is 7.80. The molecule has 0 spiro atoms. The van der Waals surface area contributed by atoms with Gasteiger partial charge in [0, 0.05) is 17.8 Å². The van der Waals surface area contributed by atoms with E-state index >= 15 is 0 Å². The van der Waals surface area contributed by atoms with Crippen molar-refractivity contribution in [3.8, 4) is 22.9 Å². The Hall–Kier alpha value is -4.00. The number of benzene rings is 2. The second-order valence-corrected chi connectivity index (χ2v) is 7.01. The van der Waals surface area contributed by atoms with Crippen LogP contribution in [0.4, 0.5) is 18.9 Å². The summed E-state index contributed by atoms with van der Waals surface area (Å²) in [6.45, 7) is 0. The van der Waals surface area contributed by atoms with Crippen LogP contribution in [0.25, 0.3) is 5.69 Å². The van der Waals surface area contributed by atoms with Crippen molar-refractivity contribution in [3.63, 3.8) is 0 Å². The zero-order valence-corrected chi connectivity index (χ0v) is 19.0. The summed E-state index contributed by atoms with van der Waals surface area (Å²) in [4.78, 5) is 12.5. The van der Waals surface area contributed by atoms with Crippen LogP contribution in [-0.4, -0.2) is 42.1 Å². The molecule has 2 aromatic carbocycles. The number of hydrogen-bond donors (Lipinski definition) is 3. The standard InChI is InChI=1S/C21H20F3N5O4S/c1-31-15-9-12(10-16(32-2)17(15)33-3)26-20(34)28-27-19(30)14-11-25-29(18(14)21(22,23)24)13-7-5-4-6-8-13/h4-11H,1-3H3,(H,27,30)(H2,26,28,34). The topological polar surface area (TPSA) is 98.7 Å². The van der Waals surface area contributed by atoms with E-state index in [1.54, 1.807) is 30.3 Å². The van der Waals surface area contributed by atoms with Gasteiger partial charge >= 0.3 is 6.18 Å². The van der Waals surface area contributed by atoms with E-state index in [9.17, 15) is 18.0 Å². The lowest BCUT2D eigenvalue weighted by molar-refractivity contribution is -0.143. The lowest BCUT2D eigenvalue weighted by Gasteiger charge is -2.16. The summed E-state index contributed by atoms with van der Waals surface area (Å²) in [6.07, 6.45) is -4.00. The number of amides is 1. The number of hydrogen-bond acceptors (Lipinski definition) is 6. The Balaban J connectivity index is 1.75. The first-order valence-electron chi connectivity index (χ1n) is 9.57. The Bertz CT molecular complexity index is 1160. The van der Waals surface area contributed by atoms with E-state index in [-0.39, 0.29) is 10.8 Å². The van der Waals surface area contributed by atoms with Crippen LogP contribution in [0.1, 0.15) is 16.1 Å². The van der Waals surface area contributed by atoms with Crippen molar-refractivity contribution in [2.75, 3.05) is 26.6 Å². The van der Waals surface area contributed by atoms with Crippen LogP contribution >= 0.6 is 12.2 Å². The third kappa shape index (κ3) is 5.31. The summed E-state index contributed by atoms with van der Waals surface area (Å²) >= 11 is 5.12. The summed E-state index contributed by atoms with van der Waals surface area (Å²) in [5.74, 6) is -0.0277. The molecule has 0 radical (unpaired) electrons. The van der Waals surface area contributed by atoms with Gasteiger partial charge in [0.1, 0.15) is 0 Å². The Kier molecular flexibility index (Phi) is 7.46. The molecule has 0 saturated carbocycles. The Morgan fingerprint density at radius 1 is 1.00 bits per heavy atom. The van der Waals surface area contributed by atoms with Gasteiger partial charge in [-0.1, -0.05) is 18.2 Å². The summed E-state index contributed by atoms with van der Waals surface area (Å²) in [5, 5.41) is 6.41. The van der Waals surface area contributed by atoms with E-state index < -0.39 is 23.3 Å². The van der Waals surface area contributed by atoms with Gasteiger partial charge < -0.3 is 19.5 Å². The molecule has 3 aromatic rings. The smallest absolute Gasteiger partial charge is 0.434 e. The van der Waals surface area contributed by atoms with Crippen molar-refractivity contribution in [3.05, 3.63) is 59.9 Å². The summed E-state index contributed by atoms with van der Waals surface area (Å²) < 4.78 is 57.6. The maximum absolute atomic E-state index is 13.7. The number of para-hydroxylation sites is 1. The molecule has 0 aliphatic rings. The molecule has 0 atom stereocenters. The SMILES string of the molecule is COc1cc(NC(=S)NNC(=O)c2cnn(-c3ccccc3)c2C(F)(F)F)cc(OC)c1OC. The number of aromatic nitrogens is 2. The molecule has 1 aromatic heterocycles. The molecule has 1 heterocycles. The van der Waals surface area contributed by atoms with Gasteiger partial charge in [0.2, 0.25) is 5.75 Å². The average Bonchev–Trinajstić information content (AvgIpc) is 3.28. The van der Waals surface area contributed by atoms with Gasteiger partial charge in [0.05, 0.1) is 38.8 Å². The van der Waals surface area contributed by atoms with Crippen molar-refractivity contribution < 1.29 is 32.2 Å². The summed E-state index contributed by atoms with van der Waals surface area (Å²) in [7, 11) is 4.32. The number of nitrogens with one attached hydrogen (secondary N) is 3. The third-order valence-corrected chi connectivity index (χ3v) is 4.70. The molecule has 180 valence electrons. The van der Waals surface area contributed by atoms with Gasteiger partial charge in [0.15, 0.2) is 22.3 Å². The summed E-state index contributed by atoms with van der Waals surface area (Å²) in [6, 6.07) is 10.8. The predicted molar refractivity (Wildman–Crippen MR) is 121 cm³/mol. The lowest BCUT2D eigenvalue weighted by Crippen LogP contribution is -2.44. The zero-order chi connectivity index (χ0) is 24.9. The minimum absolute atomic E-state index is 0.105. The lowest BCUT2D eigenvalue weighted by atomic mass is 10.2. The van der Waals surface area contributed by atoms with Crippen molar-refractivity contribution >= 4 is 28.9 Å². The van der Waals surface area contributed by atoms with E-state index in [2.05, 4.69) is 21.3 Å². The van der Waals surface area contributed by atoms with Gasteiger partial charge in [-0.25, -0.2) is 4.68 Å². The average molecular weight is 495 g/mol. The van der Waals surface area contributed by atoms with Gasteiger partial charge in [-0.05, 0) is 24.4 Å². The Labute approximate surface area is 197 Å². The predicted octanol–water partition coefficient (Wildman–Crippen LogP) is 3.55. The molecule has 34 heavy (non-hydrogen) atoms. The van der Waals surface area contributed by atoms with Crippen molar-refractivity contribution in [2.24, 2.45) is 0 Å². The first-order valence-corrected chi connectivity index (χ1v) is 9.98. The number of carbonyl (C=O) groups is 1. The van der Waals surface area contributed by atoms with Crippen molar-refractivity contribution in [2.45, 2.75) is 6.18 Å². The molecule has 9 nitrogen and oxygen atoms in total. The molecular formula is C21H20F3N5O4S. The number of nitrogens with zero attached hydrogens (tertiary/aromatic N) is 2. The minimum Gasteiger partial charge on any atom is -0.493 e. The van der Waals surface area contributed by atoms with E-state index in [1.165, 1.54) is 33.5 Å². The molecule has 0 aliphatic heterocycles. The second kappa shape index (κ2) is 10.3. The molecule has 1 amide bonds. The molecule has 3 rings (SSSR count). The Morgan fingerprint density at radius 2 is 1.62 bits per heavy atom.